The minimum atomic E-state index is -0.435. The Hall–Kier alpha value is -1.36. The minimum Gasteiger partial charge on any atom is -0.392 e. The van der Waals surface area contributed by atoms with Crippen molar-refractivity contribution in [2.45, 2.75) is 25.6 Å². The van der Waals surface area contributed by atoms with Crippen LogP contribution in [0.5, 0.6) is 0 Å². The zero-order valence-electron chi connectivity index (χ0n) is 10.1. The van der Waals surface area contributed by atoms with Crippen molar-refractivity contribution in [2.24, 2.45) is 5.73 Å². The summed E-state index contributed by atoms with van der Waals surface area (Å²) in [5.41, 5.74) is 7.12. The van der Waals surface area contributed by atoms with E-state index in [2.05, 4.69) is 4.98 Å². The van der Waals surface area contributed by atoms with Crippen LogP contribution in [0.1, 0.15) is 24.4 Å². The SMILES string of the molecule is CC(O)Cn1ccnc1C(N)c1ccc(Cl)cc1. The fraction of sp³-hybridized carbons (Fsp3) is 0.308. The Balaban J connectivity index is 2.25. The van der Waals surface area contributed by atoms with Crippen molar-refractivity contribution in [1.82, 2.24) is 9.55 Å². The average Bonchev–Trinajstić information content (AvgIpc) is 2.76. The molecular weight excluding hydrogens is 250 g/mol. The number of aliphatic hydroxyl groups excluding tert-OH is 1. The highest BCUT2D eigenvalue weighted by Gasteiger charge is 2.15. The zero-order chi connectivity index (χ0) is 13.1. The number of hydrogen-bond acceptors (Lipinski definition) is 3. The number of aliphatic hydroxyl groups is 1. The quantitative estimate of drug-likeness (QED) is 0.888. The van der Waals surface area contributed by atoms with Gasteiger partial charge in [-0.1, -0.05) is 23.7 Å². The molecule has 0 saturated heterocycles. The van der Waals surface area contributed by atoms with Gasteiger partial charge in [-0.15, -0.1) is 0 Å². The van der Waals surface area contributed by atoms with E-state index in [0.29, 0.717) is 11.6 Å². The molecule has 1 aromatic carbocycles. The topological polar surface area (TPSA) is 64.1 Å². The third-order valence-corrected chi connectivity index (χ3v) is 2.97. The molecule has 18 heavy (non-hydrogen) atoms. The normalized spacial score (nSPS) is 14.4. The summed E-state index contributed by atoms with van der Waals surface area (Å²) >= 11 is 5.85. The predicted molar refractivity (Wildman–Crippen MR) is 71.4 cm³/mol. The van der Waals surface area contributed by atoms with Crippen molar-refractivity contribution in [1.29, 1.82) is 0 Å². The maximum Gasteiger partial charge on any atom is 0.130 e. The molecular formula is C13H16ClN3O. The van der Waals surface area contributed by atoms with Gasteiger partial charge in [0.05, 0.1) is 12.1 Å². The highest BCUT2D eigenvalue weighted by Crippen LogP contribution is 2.20. The Bertz CT molecular complexity index is 507. The summed E-state index contributed by atoms with van der Waals surface area (Å²) in [6, 6.07) is 7.05. The highest BCUT2D eigenvalue weighted by molar-refractivity contribution is 6.30. The van der Waals surface area contributed by atoms with Crippen LogP contribution in [0.3, 0.4) is 0 Å². The van der Waals surface area contributed by atoms with Crippen LogP contribution in [-0.4, -0.2) is 20.8 Å². The fourth-order valence-electron chi connectivity index (χ4n) is 1.86. The summed E-state index contributed by atoms with van der Waals surface area (Å²) in [4.78, 5) is 4.26. The largest absolute Gasteiger partial charge is 0.392 e. The molecule has 2 aromatic rings. The second-order valence-electron chi connectivity index (χ2n) is 4.32. The molecule has 3 N–H and O–H groups in total. The van der Waals surface area contributed by atoms with Gasteiger partial charge >= 0.3 is 0 Å². The third-order valence-electron chi connectivity index (χ3n) is 2.72. The predicted octanol–water partition coefficient (Wildman–Crippen LogP) is 1.97. The van der Waals surface area contributed by atoms with Crippen LogP contribution >= 0.6 is 11.6 Å². The first kappa shape index (κ1) is 13.1. The zero-order valence-corrected chi connectivity index (χ0v) is 10.9. The molecule has 1 heterocycles. The van der Waals surface area contributed by atoms with Gasteiger partial charge in [0.1, 0.15) is 5.82 Å². The average molecular weight is 266 g/mol. The molecule has 5 heteroatoms. The fourth-order valence-corrected chi connectivity index (χ4v) is 1.98. The number of benzene rings is 1. The molecule has 0 aliphatic carbocycles. The number of aromatic nitrogens is 2. The minimum absolute atomic E-state index is 0.323. The lowest BCUT2D eigenvalue weighted by Crippen LogP contribution is -2.21. The van der Waals surface area contributed by atoms with Crippen molar-refractivity contribution in [2.75, 3.05) is 0 Å². The molecule has 96 valence electrons. The summed E-state index contributed by atoms with van der Waals surface area (Å²) in [6.07, 6.45) is 3.07. The summed E-state index contributed by atoms with van der Waals surface area (Å²) in [6.45, 7) is 2.22. The highest BCUT2D eigenvalue weighted by atomic mass is 35.5. The van der Waals surface area contributed by atoms with E-state index in [0.717, 1.165) is 11.4 Å². The van der Waals surface area contributed by atoms with Crippen LogP contribution in [0.15, 0.2) is 36.7 Å². The van der Waals surface area contributed by atoms with Crippen LogP contribution in [0, 0.1) is 0 Å². The van der Waals surface area contributed by atoms with Crippen LogP contribution in [0.2, 0.25) is 5.02 Å². The summed E-state index contributed by atoms with van der Waals surface area (Å²) < 4.78 is 1.87. The Labute approximate surface area is 111 Å². The van der Waals surface area contributed by atoms with E-state index < -0.39 is 6.10 Å². The molecule has 4 nitrogen and oxygen atoms in total. The summed E-state index contributed by atoms with van der Waals surface area (Å²) in [7, 11) is 0. The van der Waals surface area contributed by atoms with Crippen molar-refractivity contribution in [3.63, 3.8) is 0 Å². The standard InChI is InChI=1S/C13H16ClN3O/c1-9(18)8-17-7-6-16-13(17)12(15)10-2-4-11(14)5-3-10/h2-7,9,12,18H,8,15H2,1H3. The smallest absolute Gasteiger partial charge is 0.130 e. The molecule has 2 atom stereocenters. The maximum absolute atomic E-state index is 9.43. The number of nitrogens with zero attached hydrogens (tertiary/aromatic N) is 2. The number of rotatable bonds is 4. The molecule has 0 saturated carbocycles. The maximum atomic E-state index is 9.43. The van der Waals surface area contributed by atoms with E-state index in [9.17, 15) is 5.11 Å². The van der Waals surface area contributed by atoms with Gasteiger partial charge in [-0.25, -0.2) is 4.98 Å². The van der Waals surface area contributed by atoms with E-state index in [1.165, 1.54) is 0 Å². The Kier molecular flexibility index (Phi) is 4.01. The monoisotopic (exact) mass is 265 g/mol. The molecule has 0 spiro atoms. The second kappa shape index (κ2) is 5.52. The van der Waals surface area contributed by atoms with Gasteiger partial charge in [-0.2, -0.15) is 0 Å². The first-order valence-corrected chi connectivity index (χ1v) is 6.16. The van der Waals surface area contributed by atoms with E-state index in [1.54, 1.807) is 25.3 Å². The molecule has 0 bridgehead atoms. The first-order valence-electron chi connectivity index (χ1n) is 5.78. The van der Waals surface area contributed by atoms with Gasteiger partial charge in [0.2, 0.25) is 0 Å². The van der Waals surface area contributed by atoms with Gasteiger partial charge in [0.25, 0.3) is 0 Å². The van der Waals surface area contributed by atoms with Gasteiger partial charge < -0.3 is 15.4 Å². The van der Waals surface area contributed by atoms with Crippen molar-refractivity contribution in [3.05, 3.63) is 53.1 Å². The van der Waals surface area contributed by atoms with Crippen molar-refractivity contribution < 1.29 is 5.11 Å². The Morgan fingerprint density at radius 1 is 1.39 bits per heavy atom. The molecule has 2 rings (SSSR count). The van der Waals surface area contributed by atoms with E-state index in [1.807, 2.05) is 22.9 Å². The molecule has 0 amide bonds. The molecule has 0 aliphatic heterocycles. The second-order valence-corrected chi connectivity index (χ2v) is 4.75. The molecule has 0 fully saturated rings. The van der Waals surface area contributed by atoms with E-state index in [4.69, 9.17) is 17.3 Å². The van der Waals surface area contributed by atoms with Gasteiger partial charge in [0, 0.05) is 24.0 Å². The number of imidazole rings is 1. The van der Waals surface area contributed by atoms with Crippen LogP contribution in [-0.2, 0) is 6.54 Å². The van der Waals surface area contributed by atoms with Crippen LogP contribution in [0.25, 0.3) is 0 Å². The van der Waals surface area contributed by atoms with Crippen molar-refractivity contribution in [3.8, 4) is 0 Å². The summed E-state index contributed by atoms with van der Waals surface area (Å²) in [5, 5.41) is 10.1. The van der Waals surface area contributed by atoms with Gasteiger partial charge in [-0.05, 0) is 24.6 Å². The lowest BCUT2D eigenvalue weighted by Gasteiger charge is -2.15. The van der Waals surface area contributed by atoms with Gasteiger partial charge in [0.15, 0.2) is 0 Å². The first-order chi connectivity index (χ1) is 8.58. The number of halogens is 1. The number of nitrogens with two attached hydrogens (primary N) is 1. The number of hydrogen-bond donors (Lipinski definition) is 2. The van der Waals surface area contributed by atoms with E-state index >= 15 is 0 Å². The Morgan fingerprint density at radius 2 is 2.06 bits per heavy atom. The molecule has 2 unspecified atom stereocenters. The lowest BCUT2D eigenvalue weighted by atomic mass is 10.1. The van der Waals surface area contributed by atoms with Crippen LogP contribution < -0.4 is 5.73 Å². The molecule has 1 aromatic heterocycles. The summed E-state index contributed by atoms with van der Waals surface area (Å²) in [5.74, 6) is 0.734. The molecule has 0 aliphatic rings. The van der Waals surface area contributed by atoms with Crippen molar-refractivity contribution >= 4 is 11.6 Å². The third kappa shape index (κ3) is 2.90. The van der Waals surface area contributed by atoms with Crippen LogP contribution in [0.4, 0.5) is 0 Å². The molecule has 0 radical (unpaired) electrons. The van der Waals surface area contributed by atoms with Gasteiger partial charge in [-0.3, -0.25) is 0 Å². The Morgan fingerprint density at radius 3 is 2.67 bits per heavy atom. The lowest BCUT2D eigenvalue weighted by molar-refractivity contribution is 0.172. The van der Waals surface area contributed by atoms with E-state index in [-0.39, 0.29) is 6.04 Å².